The lowest BCUT2D eigenvalue weighted by molar-refractivity contribution is -0.118. The molecule has 0 bridgehead atoms. The maximum absolute atomic E-state index is 12.2. The molecule has 0 fully saturated rings. The lowest BCUT2D eigenvalue weighted by atomic mass is 10.0. The van der Waals surface area contributed by atoms with Crippen molar-refractivity contribution in [2.45, 2.75) is 40.0 Å². The van der Waals surface area contributed by atoms with Gasteiger partial charge in [-0.1, -0.05) is 0 Å². The van der Waals surface area contributed by atoms with Gasteiger partial charge in [0.1, 0.15) is 5.78 Å². The van der Waals surface area contributed by atoms with Crippen LogP contribution in [0.25, 0.3) is 0 Å². The predicted molar refractivity (Wildman–Crippen MR) is 85.4 cm³/mol. The number of halogens is 1. The summed E-state index contributed by atoms with van der Waals surface area (Å²) in [7, 11) is 3.80. The molecule has 0 aliphatic rings. The average molecular weight is 353 g/mol. The van der Waals surface area contributed by atoms with Crippen LogP contribution in [0.5, 0.6) is 0 Å². The van der Waals surface area contributed by atoms with Gasteiger partial charge in [-0.05, 0) is 48.7 Å². The summed E-state index contributed by atoms with van der Waals surface area (Å²) in [4.78, 5) is 12.2. The number of hydrogen-bond donors (Lipinski definition) is 0. The number of carbonyl (C=O) groups excluding carboxylic acids is 1. The molecule has 2 aromatic rings. The summed E-state index contributed by atoms with van der Waals surface area (Å²) in [5.41, 5.74) is 5.20. The summed E-state index contributed by atoms with van der Waals surface area (Å²) in [6, 6.07) is 0. The van der Waals surface area contributed by atoms with Gasteiger partial charge in [0.2, 0.25) is 0 Å². The summed E-state index contributed by atoms with van der Waals surface area (Å²) in [5.74, 6) is 0.223. The van der Waals surface area contributed by atoms with Crippen LogP contribution in [0.15, 0.2) is 4.47 Å². The molecule has 0 radical (unpaired) electrons. The van der Waals surface area contributed by atoms with E-state index >= 15 is 0 Å². The Morgan fingerprint density at radius 2 is 1.71 bits per heavy atom. The fourth-order valence-electron chi connectivity index (χ4n) is 2.59. The zero-order chi connectivity index (χ0) is 15.7. The van der Waals surface area contributed by atoms with Crippen LogP contribution in [0.1, 0.15) is 34.8 Å². The molecule has 21 heavy (non-hydrogen) atoms. The van der Waals surface area contributed by atoms with E-state index in [0.29, 0.717) is 12.8 Å². The van der Waals surface area contributed by atoms with Gasteiger partial charge in [-0.2, -0.15) is 10.2 Å². The van der Waals surface area contributed by atoms with Gasteiger partial charge in [0.15, 0.2) is 0 Å². The van der Waals surface area contributed by atoms with Crippen LogP contribution in [0.2, 0.25) is 0 Å². The Kier molecular flexibility index (Phi) is 4.66. The second kappa shape index (κ2) is 6.13. The van der Waals surface area contributed by atoms with E-state index in [1.807, 2.05) is 39.5 Å². The Labute approximate surface area is 133 Å². The maximum atomic E-state index is 12.2. The van der Waals surface area contributed by atoms with E-state index in [1.165, 1.54) is 5.56 Å². The molecule has 0 amide bonds. The number of nitrogens with zero attached hydrogens (tertiary/aromatic N) is 4. The number of carbonyl (C=O) groups is 1. The maximum Gasteiger partial charge on any atom is 0.139 e. The largest absolute Gasteiger partial charge is 0.299 e. The van der Waals surface area contributed by atoms with Crippen molar-refractivity contribution in [3.05, 3.63) is 32.8 Å². The van der Waals surface area contributed by atoms with Crippen LogP contribution < -0.4 is 0 Å². The highest BCUT2D eigenvalue weighted by Gasteiger charge is 2.16. The van der Waals surface area contributed by atoms with Crippen molar-refractivity contribution in [3.8, 4) is 0 Å². The number of aryl methyl sites for hydroxylation is 4. The van der Waals surface area contributed by atoms with Gasteiger partial charge in [-0.15, -0.1) is 0 Å². The minimum absolute atomic E-state index is 0.223. The first-order chi connectivity index (χ1) is 9.81. The highest BCUT2D eigenvalue weighted by atomic mass is 79.9. The monoisotopic (exact) mass is 352 g/mol. The van der Waals surface area contributed by atoms with Gasteiger partial charge in [0.25, 0.3) is 0 Å². The first-order valence-electron chi connectivity index (χ1n) is 7.00. The third-order valence-corrected chi connectivity index (χ3v) is 4.97. The molecule has 0 unspecified atom stereocenters. The summed E-state index contributed by atoms with van der Waals surface area (Å²) in [5, 5.41) is 8.71. The summed E-state index contributed by atoms with van der Waals surface area (Å²) < 4.78 is 4.58. The van der Waals surface area contributed by atoms with Crippen LogP contribution in [-0.4, -0.2) is 25.3 Å². The molecule has 2 rings (SSSR count). The molecule has 0 aliphatic carbocycles. The Morgan fingerprint density at radius 3 is 2.19 bits per heavy atom. The van der Waals surface area contributed by atoms with E-state index < -0.39 is 0 Å². The number of ketones is 1. The van der Waals surface area contributed by atoms with Crippen molar-refractivity contribution in [3.63, 3.8) is 0 Å². The molecular weight excluding hydrogens is 332 g/mol. The van der Waals surface area contributed by atoms with E-state index in [0.717, 1.165) is 33.7 Å². The number of hydrogen-bond acceptors (Lipinski definition) is 3. The van der Waals surface area contributed by atoms with Crippen molar-refractivity contribution in [1.29, 1.82) is 0 Å². The first-order valence-corrected chi connectivity index (χ1v) is 7.79. The molecule has 0 atom stereocenters. The van der Waals surface area contributed by atoms with Crippen molar-refractivity contribution in [1.82, 2.24) is 19.6 Å². The molecular formula is C15H21BrN4O. The Morgan fingerprint density at radius 1 is 1.10 bits per heavy atom. The van der Waals surface area contributed by atoms with Gasteiger partial charge in [-0.3, -0.25) is 14.2 Å². The van der Waals surface area contributed by atoms with Crippen LogP contribution in [0.3, 0.4) is 0 Å². The standard InChI is InChI=1S/C15H21BrN4O/c1-9-13(11(3)19(4)17-9)7-6-12(21)8-14-15(16)10(2)18-20(14)5/h6-8H2,1-5H3. The lowest BCUT2D eigenvalue weighted by Crippen LogP contribution is -2.09. The first kappa shape index (κ1) is 15.9. The highest BCUT2D eigenvalue weighted by Crippen LogP contribution is 2.21. The average Bonchev–Trinajstić information content (AvgIpc) is 2.79. The van der Waals surface area contributed by atoms with Gasteiger partial charge in [0, 0.05) is 32.6 Å². The number of aromatic nitrogens is 4. The van der Waals surface area contributed by atoms with Crippen molar-refractivity contribution in [2.75, 3.05) is 0 Å². The molecule has 0 N–H and O–H groups in total. The number of rotatable bonds is 5. The lowest BCUT2D eigenvalue weighted by Gasteiger charge is -2.04. The fourth-order valence-corrected chi connectivity index (χ4v) is 3.07. The second-order valence-corrected chi connectivity index (χ2v) is 6.25. The second-order valence-electron chi connectivity index (χ2n) is 5.46. The summed E-state index contributed by atoms with van der Waals surface area (Å²) in [6.07, 6.45) is 1.69. The molecule has 6 heteroatoms. The molecule has 114 valence electrons. The number of Topliss-reactive ketones (excluding diaryl/α,β-unsaturated/α-hetero) is 1. The van der Waals surface area contributed by atoms with Gasteiger partial charge in [-0.25, -0.2) is 0 Å². The molecule has 5 nitrogen and oxygen atoms in total. The summed E-state index contributed by atoms with van der Waals surface area (Å²) >= 11 is 3.50. The van der Waals surface area contributed by atoms with Gasteiger partial charge >= 0.3 is 0 Å². The quantitative estimate of drug-likeness (QED) is 0.830. The van der Waals surface area contributed by atoms with Crippen LogP contribution in [0, 0.1) is 20.8 Å². The molecule has 2 aromatic heterocycles. The van der Waals surface area contributed by atoms with E-state index in [-0.39, 0.29) is 5.78 Å². The molecule has 0 saturated carbocycles. The molecule has 2 heterocycles. The van der Waals surface area contributed by atoms with Gasteiger partial charge in [0.05, 0.1) is 21.6 Å². The zero-order valence-corrected chi connectivity index (χ0v) is 14.8. The van der Waals surface area contributed by atoms with Gasteiger partial charge < -0.3 is 0 Å². The predicted octanol–water partition coefficient (Wildman–Crippen LogP) is 2.59. The SMILES string of the molecule is Cc1nn(C)c(CC(=O)CCc2c(C)nn(C)c2C)c1Br. The van der Waals surface area contributed by atoms with Crippen LogP contribution in [0.4, 0.5) is 0 Å². The zero-order valence-electron chi connectivity index (χ0n) is 13.2. The fraction of sp³-hybridized carbons (Fsp3) is 0.533. The molecule has 0 aromatic carbocycles. The van der Waals surface area contributed by atoms with Crippen molar-refractivity contribution >= 4 is 21.7 Å². The van der Waals surface area contributed by atoms with E-state index in [9.17, 15) is 4.79 Å². The highest BCUT2D eigenvalue weighted by molar-refractivity contribution is 9.10. The van der Waals surface area contributed by atoms with Crippen LogP contribution >= 0.6 is 15.9 Å². The molecule has 0 spiro atoms. The Bertz CT molecular complexity index is 684. The topological polar surface area (TPSA) is 52.7 Å². The molecule has 0 aliphatic heterocycles. The Hall–Kier alpha value is -1.43. The van der Waals surface area contributed by atoms with E-state index in [1.54, 1.807) is 4.68 Å². The third kappa shape index (κ3) is 3.26. The minimum Gasteiger partial charge on any atom is -0.299 e. The van der Waals surface area contributed by atoms with Crippen molar-refractivity contribution < 1.29 is 4.79 Å². The van der Waals surface area contributed by atoms with E-state index in [4.69, 9.17) is 0 Å². The Balaban J connectivity index is 2.02. The van der Waals surface area contributed by atoms with Crippen molar-refractivity contribution in [2.24, 2.45) is 14.1 Å². The van der Waals surface area contributed by atoms with Crippen LogP contribution in [-0.2, 0) is 31.7 Å². The normalized spacial score (nSPS) is 11.1. The van der Waals surface area contributed by atoms with E-state index in [2.05, 4.69) is 26.1 Å². The molecule has 0 saturated heterocycles. The minimum atomic E-state index is 0.223. The summed E-state index contributed by atoms with van der Waals surface area (Å²) in [6.45, 7) is 5.97. The smallest absolute Gasteiger partial charge is 0.139 e. The third-order valence-electron chi connectivity index (χ3n) is 3.94.